The van der Waals surface area contributed by atoms with Crippen molar-refractivity contribution >= 4 is 0 Å². The Kier molecular flexibility index (Phi) is 2.22. The molecule has 1 aliphatic heterocycles. The lowest BCUT2D eigenvalue weighted by Crippen LogP contribution is -2.37. The fourth-order valence-electron chi connectivity index (χ4n) is 0.928. The summed E-state index contributed by atoms with van der Waals surface area (Å²) in [5.74, 6) is 0. The Morgan fingerprint density at radius 3 is 2.10 bits per heavy atom. The predicted octanol–water partition coefficient (Wildman–Crippen LogP) is -2.62. The Bertz CT molecular complexity index is 120. The number of hydrogen-bond donors (Lipinski definition) is 4. The Morgan fingerprint density at radius 2 is 1.90 bits per heavy atom. The standard InChI is InChI=1S/C5H11NO4/c6-5-4(9)3(8)2(1-7)10-5/h2-5,7-9H,1,6H2/t2-,3-,4+,5?/m1/s1. The van der Waals surface area contributed by atoms with E-state index in [-0.39, 0.29) is 6.61 Å². The predicted molar refractivity (Wildman–Crippen MR) is 31.9 cm³/mol. The molecular formula is C5H11NO4. The Labute approximate surface area is 58.0 Å². The van der Waals surface area contributed by atoms with Gasteiger partial charge in [-0.15, -0.1) is 0 Å². The Balaban J connectivity index is 2.53. The maximum absolute atomic E-state index is 9.01. The van der Waals surface area contributed by atoms with E-state index < -0.39 is 24.5 Å². The first-order chi connectivity index (χ1) is 4.66. The third kappa shape index (κ3) is 1.14. The van der Waals surface area contributed by atoms with E-state index in [1.54, 1.807) is 0 Å². The summed E-state index contributed by atoms with van der Waals surface area (Å²) in [5, 5.41) is 26.5. The topological polar surface area (TPSA) is 95.9 Å². The molecule has 0 aromatic rings. The lowest BCUT2D eigenvalue weighted by atomic mass is 10.1. The van der Waals surface area contributed by atoms with Gasteiger partial charge in [-0.25, -0.2) is 0 Å². The summed E-state index contributed by atoms with van der Waals surface area (Å²) < 4.78 is 4.76. The van der Waals surface area contributed by atoms with Crippen LogP contribution in [0.15, 0.2) is 0 Å². The van der Waals surface area contributed by atoms with E-state index in [1.165, 1.54) is 0 Å². The van der Waals surface area contributed by atoms with Crippen LogP contribution in [0.5, 0.6) is 0 Å². The molecule has 0 bridgehead atoms. The van der Waals surface area contributed by atoms with Crippen molar-refractivity contribution in [3.8, 4) is 0 Å². The van der Waals surface area contributed by atoms with Gasteiger partial charge in [-0.1, -0.05) is 0 Å². The summed E-state index contributed by atoms with van der Waals surface area (Å²) >= 11 is 0. The first kappa shape index (κ1) is 7.90. The van der Waals surface area contributed by atoms with E-state index in [0.717, 1.165) is 0 Å². The second kappa shape index (κ2) is 2.81. The molecule has 1 saturated heterocycles. The van der Waals surface area contributed by atoms with E-state index in [4.69, 9.17) is 25.8 Å². The van der Waals surface area contributed by atoms with E-state index in [0.29, 0.717) is 0 Å². The van der Waals surface area contributed by atoms with Crippen LogP contribution in [0.3, 0.4) is 0 Å². The van der Waals surface area contributed by atoms with Crippen LogP contribution in [0.1, 0.15) is 0 Å². The zero-order valence-corrected chi connectivity index (χ0v) is 5.34. The van der Waals surface area contributed by atoms with Crippen LogP contribution in [0.2, 0.25) is 0 Å². The first-order valence-corrected chi connectivity index (χ1v) is 3.05. The maximum Gasteiger partial charge on any atom is 0.135 e. The van der Waals surface area contributed by atoms with Crippen molar-refractivity contribution in [2.45, 2.75) is 24.5 Å². The Morgan fingerprint density at radius 1 is 1.30 bits per heavy atom. The molecule has 0 spiro atoms. The molecule has 1 unspecified atom stereocenters. The van der Waals surface area contributed by atoms with Gasteiger partial charge in [0.25, 0.3) is 0 Å². The minimum absolute atomic E-state index is 0.327. The second-order valence-electron chi connectivity index (χ2n) is 2.30. The van der Waals surface area contributed by atoms with Gasteiger partial charge in [0.2, 0.25) is 0 Å². The van der Waals surface area contributed by atoms with Crippen LogP contribution in [0.25, 0.3) is 0 Å². The van der Waals surface area contributed by atoms with Gasteiger partial charge in [-0.2, -0.15) is 0 Å². The summed E-state index contributed by atoms with van der Waals surface area (Å²) in [4.78, 5) is 0. The molecule has 4 atom stereocenters. The van der Waals surface area contributed by atoms with Crippen molar-refractivity contribution in [1.29, 1.82) is 0 Å². The highest BCUT2D eigenvalue weighted by molar-refractivity contribution is 4.86. The molecule has 0 amide bonds. The van der Waals surface area contributed by atoms with Gasteiger partial charge in [0.1, 0.15) is 24.5 Å². The summed E-state index contributed by atoms with van der Waals surface area (Å²) in [6, 6.07) is 0. The highest BCUT2D eigenvalue weighted by Crippen LogP contribution is 2.16. The van der Waals surface area contributed by atoms with Gasteiger partial charge in [0.05, 0.1) is 6.61 Å². The van der Waals surface area contributed by atoms with E-state index in [9.17, 15) is 0 Å². The molecule has 1 rings (SSSR count). The lowest BCUT2D eigenvalue weighted by molar-refractivity contribution is -0.0200. The minimum Gasteiger partial charge on any atom is -0.394 e. The van der Waals surface area contributed by atoms with Crippen LogP contribution in [0.4, 0.5) is 0 Å². The van der Waals surface area contributed by atoms with Crippen molar-refractivity contribution < 1.29 is 20.1 Å². The van der Waals surface area contributed by atoms with E-state index in [2.05, 4.69) is 0 Å². The molecule has 0 saturated carbocycles. The molecular weight excluding hydrogens is 138 g/mol. The number of aliphatic hydroxyl groups excluding tert-OH is 3. The van der Waals surface area contributed by atoms with Crippen molar-refractivity contribution in [3.63, 3.8) is 0 Å². The van der Waals surface area contributed by atoms with Gasteiger partial charge in [-0.05, 0) is 0 Å². The van der Waals surface area contributed by atoms with Crippen LogP contribution < -0.4 is 5.73 Å². The smallest absolute Gasteiger partial charge is 0.135 e. The molecule has 1 aliphatic rings. The third-order valence-electron chi connectivity index (χ3n) is 1.58. The minimum atomic E-state index is -1.09. The second-order valence-corrected chi connectivity index (χ2v) is 2.30. The third-order valence-corrected chi connectivity index (χ3v) is 1.58. The quantitative estimate of drug-likeness (QED) is 0.327. The van der Waals surface area contributed by atoms with Crippen LogP contribution in [-0.4, -0.2) is 46.5 Å². The van der Waals surface area contributed by atoms with Crippen molar-refractivity contribution in [2.75, 3.05) is 6.61 Å². The van der Waals surface area contributed by atoms with E-state index >= 15 is 0 Å². The largest absolute Gasteiger partial charge is 0.394 e. The molecule has 1 fully saturated rings. The molecule has 0 aliphatic carbocycles. The number of rotatable bonds is 1. The molecule has 0 aromatic carbocycles. The normalized spacial score (nSPS) is 48.0. The molecule has 1 heterocycles. The highest BCUT2D eigenvalue weighted by Gasteiger charge is 2.39. The zero-order valence-electron chi connectivity index (χ0n) is 5.34. The molecule has 0 aromatic heterocycles. The lowest BCUT2D eigenvalue weighted by Gasteiger charge is -2.09. The zero-order chi connectivity index (χ0) is 7.72. The Hall–Kier alpha value is -0.200. The van der Waals surface area contributed by atoms with Crippen molar-refractivity contribution in [2.24, 2.45) is 5.73 Å². The summed E-state index contributed by atoms with van der Waals surface area (Å²) in [7, 11) is 0. The maximum atomic E-state index is 9.01. The fourth-order valence-corrected chi connectivity index (χ4v) is 0.928. The number of nitrogens with two attached hydrogens (primary N) is 1. The molecule has 5 N–H and O–H groups in total. The number of ether oxygens (including phenoxy) is 1. The molecule has 5 heteroatoms. The van der Waals surface area contributed by atoms with Gasteiger partial charge in [0, 0.05) is 0 Å². The van der Waals surface area contributed by atoms with Crippen molar-refractivity contribution in [1.82, 2.24) is 0 Å². The van der Waals surface area contributed by atoms with E-state index in [1.807, 2.05) is 0 Å². The van der Waals surface area contributed by atoms with Gasteiger partial charge in [0.15, 0.2) is 0 Å². The molecule has 10 heavy (non-hydrogen) atoms. The number of hydrogen-bond acceptors (Lipinski definition) is 5. The summed E-state index contributed by atoms with van der Waals surface area (Å²) in [5.41, 5.74) is 5.19. The van der Waals surface area contributed by atoms with Crippen LogP contribution >= 0.6 is 0 Å². The first-order valence-electron chi connectivity index (χ1n) is 3.05. The van der Waals surface area contributed by atoms with Crippen LogP contribution in [-0.2, 0) is 4.74 Å². The van der Waals surface area contributed by atoms with Gasteiger partial charge >= 0.3 is 0 Å². The highest BCUT2D eigenvalue weighted by atomic mass is 16.6. The number of aliphatic hydroxyl groups is 3. The summed E-state index contributed by atoms with van der Waals surface area (Å²) in [6.45, 7) is -0.327. The fraction of sp³-hybridized carbons (Fsp3) is 1.00. The molecule has 0 radical (unpaired) electrons. The SMILES string of the molecule is NC1O[C@H](CO)[C@@H](O)[C@@H]1O. The molecule has 60 valence electrons. The van der Waals surface area contributed by atoms with Crippen molar-refractivity contribution in [3.05, 3.63) is 0 Å². The summed E-state index contributed by atoms with van der Waals surface area (Å²) in [6.07, 6.45) is -3.78. The molecule has 5 nitrogen and oxygen atoms in total. The van der Waals surface area contributed by atoms with Gasteiger partial charge < -0.3 is 25.8 Å². The van der Waals surface area contributed by atoms with Gasteiger partial charge in [-0.3, -0.25) is 0 Å². The average molecular weight is 149 g/mol. The average Bonchev–Trinajstić information content (AvgIpc) is 2.17. The monoisotopic (exact) mass is 149 g/mol. The van der Waals surface area contributed by atoms with Crippen LogP contribution in [0, 0.1) is 0 Å².